The first-order valence-electron chi connectivity index (χ1n) is 11.1. The van der Waals surface area contributed by atoms with Gasteiger partial charge in [0.1, 0.15) is 6.61 Å². The molecule has 0 radical (unpaired) electrons. The van der Waals surface area contributed by atoms with E-state index in [4.69, 9.17) is 9.47 Å². The zero-order valence-electron chi connectivity index (χ0n) is 18.1. The lowest BCUT2D eigenvalue weighted by atomic mass is 9.60. The Labute approximate surface area is 179 Å². The Morgan fingerprint density at radius 1 is 1.27 bits per heavy atom. The fourth-order valence-corrected chi connectivity index (χ4v) is 5.62. The van der Waals surface area contributed by atoms with Crippen LogP contribution in [0.25, 0.3) is 6.08 Å². The molecular formula is C24H34N2O4. The van der Waals surface area contributed by atoms with Crippen molar-refractivity contribution in [1.29, 1.82) is 0 Å². The van der Waals surface area contributed by atoms with Crippen molar-refractivity contribution in [2.24, 2.45) is 5.92 Å². The lowest BCUT2D eigenvalue weighted by molar-refractivity contribution is -0.203. The topological polar surface area (TPSA) is 62.2 Å². The van der Waals surface area contributed by atoms with Gasteiger partial charge in [0.15, 0.2) is 0 Å². The van der Waals surface area contributed by atoms with E-state index in [9.17, 15) is 9.90 Å². The van der Waals surface area contributed by atoms with E-state index in [0.29, 0.717) is 19.0 Å². The van der Waals surface area contributed by atoms with E-state index >= 15 is 0 Å². The minimum Gasteiger partial charge on any atom is -0.395 e. The Morgan fingerprint density at radius 3 is 2.57 bits per heavy atom. The Morgan fingerprint density at radius 2 is 1.97 bits per heavy atom. The van der Waals surface area contributed by atoms with Crippen LogP contribution in [0.1, 0.15) is 36.8 Å². The largest absolute Gasteiger partial charge is 0.395 e. The second-order valence-corrected chi connectivity index (χ2v) is 8.89. The van der Waals surface area contributed by atoms with Crippen LogP contribution in [0.2, 0.25) is 0 Å². The number of benzene rings is 1. The van der Waals surface area contributed by atoms with E-state index in [1.165, 1.54) is 11.1 Å². The molecule has 3 aliphatic heterocycles. The van der Waals surface area contributed by atoms with E-state index in [1.54, 1.807) is 7.11 Å². The molecule has 0 bridgehead atoms. The molecule has 4 rings (SSSR count). The summed E-state index contributed by atoms with van der Waals surface area (Å²) in [5.41, 5.74) is 2.35. The van der Waals surface area contributed by atoms with Gasteiger partial charge in [-0.25, -0.2) is 0 Å². The van der Waals surface area contributed by atoms with Gasteiger partial charge in [0, 0.05) is 51.9 Å². The third-order valence-corrected chi connectivity index (χ3v) is 7.12. The van der Waals surface area contributed by atoms with Gasteiger partial charge in [-0.15, -0.1) is 0 Å². The Balaban J connectivity index is 1.56. The first-order chi connectivity index (χ1) is 14.6. The number of allylic oxidation sites excluding steroid dienone is 1. The third kappa shape index (κ3) is 3.82. The standard InChI is InChI=1S/C24H34N2O4/c1-3-4-18-5-7-20(8-6-18)23-21(14-27)26(13-19-9-11-30-12-10-19)24(23)16-25(17-24)22(28)15-29-2/h3-8,19,21,23,27H,9-17H2,1-2H3/b4-3+/t21-,23+/m0/s1. The van der Waals surface area contributed by atoms with Crippen molar-refractivity contribution in [2.75, 3.05) is 53.2 Å². The highest BCUT2D eigenvalue weighted by atomic mass is 16.5. The third-order valence-electron chi connectivity index (χ3n) is 7.12. The summed E-state index contributed by atoms with van der Waals surface area (Å²) >= 11 is 0. The number of ether oxygens (including phenoxy) is 2. The molecule has 1 aromatic carbocycles. The summed E-state index contributed by atoms with van der Waals surface area (Å²) in [5, 5.41) is 10.3. The van der Waals surface area contributed by atoms with Crippen LogP contribution in [0.4, 0.5) is 0 Å². The van der Waals surface area contributed by atoms with Gasteiger partial charge in [0.2, 0.25) is 5.91 Å². The molecule has 3 saturated heterocycles. The number of hydrogen-bond acceptors (Lipinski definition) is 5. The van der Waals surface area contributed by atoms with Crippen LogP contribution in [-0.4, -0.2) is 85.6 Å². The molecule has 30 heavy (non-hydrogen) atoms. The number of hydrogen-bond donors (Lipinski definition) is 1. The van der Waals surface area contributed by atoms with Gasteiger partial charge in [-0.3, -0.25) is 9.69 Å². The van der Waals surface area contributed by atoms with Crippen molar-refractivity contribution in [3.05, 3.63) is 41.5 Å². The Kier molecular flexibility index (Phi) is 6.58. The monoisotopic (exact) mass is 414 g/mol. The molecule has 0 aromatic heterocycles. The van der Waals surface area contributed by atoms with Crippen LogP contribution in [0.15, 0.2) is 30.3 Å². The minimum absolute atomic E-state index is 0.0452. The lowest BCUT2D eigenvalue weighted by Gasteiger charge is -2.71. The van der Waals surface area contributed by atoms with Crippen molar-refractivity contribution in [2.45, 2.75) is 37.3 Å². The number of carbonyl (C=O) groups is 1. The molecule has 0 saturated carbocycles. The van der Waals surface area contributed by atoms with E-state index in [-0.39, 0.29) is 36.6 Å². The second-order valence-electron chi connectivity index (χ2n) is 8.89. The number of carbonyl (C=O) groups excluding carboxylic acids is 1. The Bertz CT molecular complexity index is 751. The molecular weight excluding hydrogens is 380 g/mol. The van der Waals surface area contributed by atoms with Gasteiger partial charge in [0.05, 0.1) is 12.1 Å². The van der Waals surface area contributed by atoms with Crippen LogP contribution in [0.3, 0.4) is 0 Å². The molecule has 164 valence electrons. The maximum absolute atomic E-state index is 12.4. The molecule has 0 unspecified atom stereocenters. The number of amides is 1. The van der Waals surface area contributed by atoms with Crippen LogP contribution >= 0.6 is 0 Å². The summed E-state index contributed by atoms with van der Waals surface area (Å²) in [6.07, 6.45) is 6.27. The summed E-state index contributed by atoms with van der Waals surface area (Å²) in [7, 11) is 1.56. The smallest absolute Gasteiger partial charge is 0.248 e. The highest BCUT2D eigenvalue weighted by Crippen LogP contribution is 2.54. The van der Waals surface area contributed by atoms with Crippen molar-refractivity contribution in [3.8, 4) is 0 Å². The van der Waals surface area contributed by atoms with E-state index < -0.39 is 0 Å². The minimum atomic E-state index is -0.0861. The fraction of sp³-hybridized carbons (Fsp3) is 0.625. The number of likely N-dealkylation sites (tertiary alicyclic amines) is 2. The molecule has 6 nitrogen and oxygen atoms in total. The quantitative estimate of drug-likeness (QED) is 0.741. The van der Waals surface area contributed by atoms with Crippen LogP contribution < -0.4 is 0 Å². The highest BCUT2D eigenvalue weighted by molar-refractivity contribution is 5.79. The predicted octanol–water partition coefficient (Wildman–Crippen LogP) is 2.13. The van der Waals surface area contributed by atoms with Crippen LogP contribution in [0, 0.1) is 5.92 Å². The number of aliphatic hydroxyl groups is 1. The maximum atomic E-state index is 12.4. The fourth-order valence-electron chi connectivity index (χ4n) is 5.62. The molecule has 0 aliphatic carbocycles. The van der Waals surface area contributed by atoms with E-state index in [1.807, 2.05) is 17.9 Å². The number of aliphatic hydroxyl groups excluding tert-OH is 1. The predicted molar refractivity (Wildman–Crippen MR) is 116 cm³/mol. The van der Waals surface area contributed by atoms with Gasteiger partial charge < -0.3 is 19.5 Å². The van der Waals surface area contributed by atoms with Gasteiger partial charge in [-0.1, -0.05) is 36.4 Å². The SMILES string of the molecule is C/C=C/c1ccc([C@@H]2[C@H](CO)N(CC3CCOCC3)C23CN(C(=O)COC)C3)cc1. The first-order valence-corrected chi connectivity index (χ1v) is 11.1. The van der Waals surface area contributed by atoms with E-state index in [2.05, 4.69) is 35.2 Å². The molecule has 1 N–H and O–H groups in total. The summed E-state index contributed by atoms with van der Waals surface area (Å²) in [5.74, 6) is 0.865. The molecule has 1 aromatic rings. The average molecular weight is 415 g/mol. The van der Waals surface area contributed by atoms with Crippen molar-refractivity contribution in [1.82, 2.24) is 9.80 Å². The van der Waals surface area contributed by atoms with Gasteiger partial charge in [-0.05, 0) is 36.8 Å². The van der Waals surface area contributed by atoms with Gasteiger partial charge in [-0.2, -0.15) is 0 Å². The van der Waals surface area contributed by atoms with Crippen molar-refractivity contribution >= 4 is 12.0 Å². The summed E-state index contributed by atoms with van der Waals surface area (Å²) < 4.78 is 10.6. The highest BCUT2D eigenvalue weighted by Gasteiger charge is 2.66. The van der Waals surface area contributed by atoms with Gasteiger partial charge in [0.25, 0.3) is 0 Å². The Hall–Kier alpha value is -1.73. The van der Waals surface area contributed by atoms with Crippen molar-refractivity contribution < 1.29 is 19.4 Å². The number of rotatable bonds is 7. The normalized spacial score (nSPS) is 26.7. The molecule has 6 heteroatoms. The first kappa shape index (κ1) is 21.5. The molecule has 3 aliphatic rings. The second kappa shape index (κ2) is 9.18. The molecule has 3 heterocycles. The lowest BCUT2D eigenvalue weighted by Crippen LogP contribution is -2.85. The van der Waals surface area contributed by atoms with Crippen molar-refractivity contribution in [3.63, 3.8) is 0 Å². The average Bonchev–Trinajstić information content (AvgIpc) is 2.72. The van der Waals surface area contributed by atoms with Crippen LogP contribution in [-0.2, 0) is 14.3 Å². The zero-order valence-corrected chi connectivity index (χ0v) is 18.1. The molecule has 1 amide bonds. The number of methoxy groups -OCH3 is 1. The number of nitrogens with zero attached hydrogens (tertiary/aromatic N) is 2. The van der Waals surface area contributed by atoms with E-state index in [0.717, 1.165) is 32.6 Å². The maximum Gasteiger partial charge on any atom is 0.248 e. The summed E-state index contributed by atoms with van der Waals surface area (Å²) in [6, 6.07) is 8.77. The van der Waals surface area contributed by atoms with Gasteiger partial charge >= 0.3 is 0 Å². The summed E-state index contributed by atoms with van der Waals surface area (Å²) in [6.45, 7) is 6.30. The zero-order chi connectivity index (χ0) is 21.1. The molecule has 3 fully saturated rings. The van der Waals surface area contributed by atoms with Crippen LogP contribution in [0.5, 0.6) is 0 Å². The molecule has 1 spiro atoms. The molecule has 2 atom stereocenters. The summed E-state index contributed by atoms with van der Waals surface area (Å²) in [4.78, 5) is 16.8.